The fraction of sp³-hybridized carbons (Fsp3) is 0.429. The summed E-state index contributed by atoms with van der Waals surface area (Å²) in [5, 5.41) is 3.38. The highest BCUT2D eigenvalue weighted by atomic mass is 16.5. The van der Waals surface area contributed by atoms with Gasteiger partial charge in [-0.3, -0.25) is 0 Å². The lowest BCUT2D eigenvalue weighted by Gasteiger charge is -2.29. The molecule has 2 unspecified atom stereocenters. The molecule has 0 fully saturated rings. The Morgan fingerprint density at radius 2 is 2.00 bits per heavy atom. The molecular weight excluding hydrogens is 282 g/mol. The van der Waals surface area contributed by atoms with Crippen molar-refractivity contribution in [1.82, 2.24) is 5.32 Å². The minimum Gasteiger partial charge on any atom is -0.497 e. The van der Waals surface area contributed by atoms with Gasteiger partial charge < -0.3 is 10.1 Å². The molecule has 2 aromatic rings. The molecule has 0 saturated carbocycles. The van der Waals surface area contributed by atoms with Crippen LogP contribution in [0.1, 0.15) is 47.8 Å². The molecule has 2 heteroatoms. The molecule has 2 aromatic carbocycles. The SMILES string of the molecule is CNCC(CC1CCCc2ccc(OC)cc21)c1ccccc1. The topological polar surface area (TPSA) is 21.3 Å². The van der Waals surface area contributed by atoms with Crippen molar-refractivity contribution in [2.75, 3.05) is 20.7 Å². The number of nitrogens with one attached hydrogen (secondary N) is 1. The number of fused-ring (bicyclic) bond motifs is 1. The van der Waals surface area contributed by atoms with Crippen molar-refractivity contribution in [2.45, 2.75) is 37.5 Å². The monoisotopic (exact) mass is 309 g/mol. The second-order valence-corrected chi connectivity index (χ2v) is 6.55. The van der Waals surface area contributed by atoms with Crippen LogP contribution in [0, 0.1) is 0 Å². The van der Waals surface area contributed by atoms with Crippen LogP contribution in [0.3, 0.4) is 0 Å². The summed E-state index contributed by atoms with van der Waals surface area (Å²) in [6, 6.07) is 17.5. The highest BCUT2D eigenvalue weighted by Crippen LogP contribution is 2.39. The maximum absolute atomic E-state index is 5.45. The Hall–Kier alpha value is -1.80. The summed E-state index contributed by atoms with van der Waals surface area (Å²) >= 11 is 0. The summed E-state index contributed by atoms with van der Waals surface area (Å²) in [4.78, 5) is 0. The molecule has 1 aliphatic carbocycles. The summed E-state index contributed by atoms with van der Waals surface area (Å²) in [5.74, 6) is 2.18. The first-order chi connectivity index (χ1) is 11.3. The van der Waals surface area contributed by atoms with Crippen LogP contribution >= 0.6 is 0 Å². The lowest BCUT2D eigenvalue weighted by Crippen LogP contribution is -2.21. The van der Waals surface area contributed by atoms with Gasteiger partial charge in [0.15, 0.2) is 0 Å². The maximum atomic E-state index is 5.45. The molecule has 2 atom stereocenters. The summed E-state index contributed by atoms with van der Waals surface area (Å²) in [6.07, 6.45) is 4.99. The van der Waals surface area contributed by atoms with Gasteiger partial charge in [0.1, 0.15) is 5.75 Å². The molecule has 3 rings (SSSR count). The van der Waals surface area contributed by atoms with Crippen molar-refractivity contribution in [2.24, 2.45) is 0 Å². The van der Waals surface area contributed by atoms with E-state index in [1.165, 1.54) is 42.4 Å². The second kappa shape index (κ2) is 7.65. The lowest BCUT2D eigenvalue weighted by atomic mass is 9.76. The largest absolute Gasteiger partial charge is 0.497 e. The van der Waals surface area contributed by atoms with Gasteiger partial charge in [0.2, 0.25) is 0 Å². The molecule has 0 aliphatic heterocycles. The predicted molar refractivity (Wildman–Crippen MR) is 96.4 cm³/mol. The summed E-state index contributed by atoms with van der Waals surface area (Å²) in [6.45, 7) is 1.03. The van der Waals surface area contributed by atoms with Crippen LogP contribution in [-0.2, 0) is 6.42 Å². The van der Waals surface area contributed by atoms with Crippen molar-refractivity contribution >= 4 is 0 Å². The van der Waals surface area contributed by atoms with Gasteiger partial charge in [-0.25, -0.2) is 0 Å². The zero-order valence-corrected chi connectivity index (χ0v) is 14.2. The first-order valence-corrected chi connectivity index (χ1v) is 8.68. The number of likely N-dealkylation sites (N-methyl/N-ethyl adjacent to an activating group) is 1. The normalized spacial score (nSPS) is 18.3. The predicted octanol–water partition coefficient (Wildman–Crippen LogP) is 4.51. The van der Waals surface area contributed by atoms with Crippen LogP contribution < -0.4 is 10.1 Å². The standard InChI is InChI=1S/C21H27NO/c1-22-15-19(16-7-4-3-5-8-16)13-18-10-6-9-17-11-12-20(23-2)14-21(17)18/h3-5,7-8,11-12,14,18-19,22H,6,9-10,13,15H2,1-2H3. The first-order valence-electron chi connectivity index (χ1n) is 8.68. The number of aryl methyl sites for hydroxylation is 1. The number of hydrogen-bond acceptors (Lipinski definition) is 2. The van der Waals surface area contributed by atoms with Crippen LogP contribution in [-0.4, -0.2) is 20.7 Å². The number of methoxy groups -OCH3 is 1. The van der Waals surface area contributed by atoms with E-state index in [0.29, 0.717) is 11.8 Å². The van der Waals surface area contributed by atoms with Crippen molar-refractivity contribution in [3.05, 3.63) is 65.2 Å². The van der Waals surface area contributed by atoms with Gasteiger partial charge in [0.25, 0.3) is 0 Å². The van der Waals surface area contributed by atoms with E-state index in [-0.39, 0.29) is 0 Å². The van der Waals surface area contributed by atoms with Crippen molar-refractivity contribution in [1.29, 1.82) is 0 Å². The summed E-state index contributed by atoms with van der Waals surface area (Å²) < 4.78 is 5.45. The highest BCUT2D eigenvalue weighted by molar-refractivity contribution is 5.40. The molecule has 0 spiro atoms. The summed E-state index contributed by atoms with van der Waals surface area (Å²) in [5.41, 5.74) is 4.46. The van der Waals surface area contributed by atoms with E-state index in [0.717, 1.165) is 12.3 Å². The average molecular weight is 309 g/mol. The van der Waals surface area contributed by atoms with Crippen LogP contribution in [0.25, 0.3) is 0 Å². The summed E-state index contributed by atoms with van der Waals surface area (Å²) in [7, 11) is 3.81. The molecule has 0 saturated heterocycles. The smallest absolute Gasteiger partial charge is 0.119 e. The molecule has 23 heavy (non-hydrogen) atoms. The van der Waals surface area contributed by atoms with E-state index in [1.807, 2.05) is 7.05 Å². The molecule has 1 N–H and O–H groups in total. The molecular formula is C21H27NO. The van der Waals surface area contributed by atoms with Gasteiger partial charge in [0, 0.05) is 6.54 Å². The Morgan fingerprint density at radius 3 is 2.74 bits per heavy atom. The van der Waals surface area contributed by atoms with E-state index < -0.39 is 0 Å². The molecule has 0 bridgehead atoms. The minimum absolute atomic E-state index is 0.559. The third-order valence-corrected chi connectivity index (χ3v) is 5.08. The molecule has 0 amide bonds. The number of benzene rings is 2. The number of ether oxygens (including phenoxy) is 1. The third kappa shape index (κ3) is 3.76. The molecule has 0 aromatic heterocycles. The van der Waals surface area contributed by atoms with Gasteiger partial charge in [-0.1, -0.05) is 36.4 Å². The fourth-order valence-corrected chi connectivity index (χ4v) is 3.90. The van der Waals surface area contributed by atoms with Gasteiger partial charge in [-0.2, -0.15) is 0 Å². The maximum Gasteiger partial charge on any atom is 0.119 e. The van der Waals surface area contributed by atoms with Gasteiger partial charge in [-0.15, -0.1) is 0 Å². The zero-order valence-electron chi connectivity index (χ0n) is 14.2. The molecule has 0 heterocycles. The van der Waals surface area contributed by atoms with Crippen molar-refractivity contribution in [3.63, 3.8) is 0 Å². The van der Waals surface area contributed by atoms with Gasteiger partial charge >= 0.3 is 0 Å². The van der Waals surface area contributed by atoms with Crippen LogP contribution in [0.15, 0.2) is 48.5 Å². The van der Waals surface area contributed by atoms with E-state index in [2.05, 4.69) is 53.8 Å². The molecule has 2 nitrogen and oxygen atoms in total. The quantitative estimate of drug-likeness (QED) is 0.848. The second-order valence-electron chi connectivity index (χ2n) is 6.55. The number of rotatable bonds is 6. The van der Waals surface area contributed by atoms with Crippen LogP contribution in [0.2, 0.25) is 0 Å². The van der Waals surface area contributed by atoms with Crippen molar-refractivity contribution < 1.29 is 4.74 Å². The van der Waals surface area contributed by atoms with E-state index in [9.17, 15) is 0 Å². The number of hydrogen-bond donors (Lipinski definition) is 1. The lowest BCUT2D eigenvalue weighted by molar-refractivity contribution is 0.409. The Labute approximate surface area is 139 Å². The highest BCUT2D eigenvalue weighted by Gasteiger charge is 2.24. The third-order valence-electron chi connectivity index (χ3n) is 5.08. The van der Waals surface area contributed by atoms with E-state index in [4.69, 9.17) is 4.74 Å². The fourth-order valence-electron chi connectivity index (χ4n) is 3.90. The zero-order chi connectivity index (χ0) is 16.1. The Kier molecular flexibility index (Phi) is 5.35. The van der Waals surface area contributed by atoms with Crippen molar-refractivity contribution in [3.8, 4) is 5.75 Å². The van der Waals surface area contributed by atoms with Gasteiger partial charge in [-0.05, 0) is 73.4 Å². The Bertz CT molecular complexity index is 623. The minimum atomic E-state index is 0.559. The van der Waals surface area contributed by atoms with E-state index in [1.54, 1.807) is 7.11 Å². The van der Waals surface area contributed by atoms with Gasteiger partial charge in [0.05, 0.1) is 7.11 Å². The molecule has 1 aliphatic rings. The van der Waals surface area contributed by atoms with E-state index >= 15 is 0 Å². The Morgan fingerprint density at radius 1 is 1.17 bits per heavy atom. The van der Waals surface area contributed by atoms with Crippen LogP contribution in [0.5, 0.6) is 5.75 Å². The first kappa shape index (κ1) is 16.1. The molecule has 0 radical (unpaired) electrons. The average Bonchev–Trinajstić information content (AvgIpc) is 2.62. The Balaban J connectivity index is 1.84. The van der Waals surface area contributed by atoms with Crippen LogP contribution in [0.4, 0.5) is 0 Å². The molecule has 122 valence electrons.